The van der Waals surface area contributed by atoms with E-state index in [1.165, 1.54) is 36.5 Å². The zero-order chi connectivity index (χ0) is 12.0. The fourth-order valence-corrected chi connectivity index (χ4v) is 1.61. The van der Waals surface area contributed by atoms with Crippen LogP contribution in [-0.4, -0.2) is 24.6 Å². The average Bonchev–Trinajstić information content (AvgIpc) is 2.67. The molecule has 0 amide bonds. The van der Waals surface area contributed by atoms with Gasteiger partial charge in [-0.1, -0.05) is 0 Å². The van der Waals surface area contributed by atoms with Crippen molar-refractivity contribution in [2.45, 2.75) is 6.92 Å². The maximum Gasteiger partial charge on any atom is 0.332 e. The van der Waals surface area contributed by atoms with Crippen molar-refractivity contribution in [2.24, 2.45) is 14.1 Å². The lowest BCUT2D eigenvalue weighted by atomic mass is 10.5. The van der Waals surface area contributed by atoms with E-state index in [-0.39, 0.29) is 17.1 Å². The van der Waals surface area contributed by atoms with Crippen LogP contribution in [0.4, 0.5) is 0 Å². The third kappa shape index (κ3) is 1.14. The molecule has 0 aliphatic rings. The molecule has 16 heavy (non-hydrogen) atoms. The number of imidazole rings is 1. The molecule has 0 spiro atoms. The van der Waals surface area contributed by atoms with E-state index in [9.17, 15) is 14.4 Å². The first-order valence-electron chi connectivity index (χ1n) is 4.59. The predicted octanol–water partition coefficient (Wildman–Crippen LogP) is -0.906. The lowest BCUT2D eigenvalue weighted by molar-refractivity contribution is 0.0940. The standard InChI is InChI=1S/C9H10N4O3/c1-5(14)13-4-10-6-7(13)11(2)9(16)12(3)8(6)15/h4H,1-3H3. The zero-order valence-corrected chi connectivity index (χ0v) is 9.09. The number of nitrogens with zero attached hydrogens (tertiary/aromatic N) is 4. The molecular formula is C9H10N4O3. The van der Waals surface area contributed by atoms with Crippen LogP contribution in [0.1, 0.15) is 11.7 Å². The van der Waals surface area contributed by atoms with Crippen LogP contribution < -0.4 is 11.2 Å². The van der Waals surface area contributed by atoms with Crippen LogP contribution >= 0.6 is 0 Å². The first-order valence-corrected chi connectivity index (χ1v) is 4.59. The van der Waals surface area contributed by atoms with Gasteiger partial charge in [0, 0.05) is 21.0 Å². The number of fused-ring (bicyclic) bond motifs is 1. The smallest absolute Gasteiger partial charge is 0.280 e. The second kappa shape index (κ2) is 3.16. The van der Waals surface area contributed by atoms with Crippen LogP contribution in [0.15, 0.2) is 15.9 Å². The van der Waals surface area contributed by atoms with E-state index in [4.69, 9.17) is 0 Å². The number of carbonyl (C=O) groups excluding carboxylic acids is 1. The van der Waals surface area contributed by atoms with Gasteiger partial charge in [0.15, 0.2) is 11.2 Å². The monoisotopic (exact) mass is 222 g/mol. The molecule has 0 bridgehead atoms. The first-order chi connectivity index (χ1) is 7.45. The average molecular weight is 222 g/mol. The summed E-state index contributed by atoms with van der Waals surface area (Å²) >= 11 is 0. The summed E-state index contributed by atoms with van der Waals surface area (Å²) in [7, 11) is 2.86. The van der Waals surface area contributed by atoms with Crippen LogP contribution in [0.2, 0.25) is 0 Å². The van der Waals surface area contributed by atoms with Crippen LogP contribution in [0.3, 0.4) is 0 Å². The quantitative estimate of drug-likeness (QED) is 0.578. The van der Waals surface area contributed by atoms with Crippen molar-refractivity contribution >= 4 is 17.1 Å². The normalized spacial score (nSPS) is 10.9. The Kier molecular flexibility index (Phi) is 2.04. The summed E-state index contributed by atoms with van der Waals surface area (Å²) < 4.78 is 3.36. The molecule has 0 saturated carbocycles. The van der Waals surface area contributed by atoms with Gasteiger partial charge in [0.1, 0.15) is 6.33 Å². The molecule has 0 fully saturated rings. The molecule has 2 aromatic rings. The number of hydrogen-bond acceptors (Lipinski definition) is 4. The van der Waals surface area contributed by atoms with E-state index in [1.807, 2.05) is 0 Å². The Labute approximate surface area is 89.6 Å². The summed E-state index contributed by atoms with van der Waals surface area (Å²) in [5.74, 6) is -0.300. The van der Waals surface area contributed by atoms with E-state index in [1.54, 1.807) is 0 Å². The number of aryl methyl sites for hydroxylation is 1. The lowest BCUT2D eigenvalue weighted by Crippen LogP contribution is -2.37. The Morgan fingerprint density at radius 2 is 1.88 bits per heavy atom. The van der Waals surface area contributed by atoms with E-state index < -0.39 is 11.2 Å². The van der Waals surface area contributed by atoms with Gasteiger partial charge in [0.05, 0.1) is 0 Å². The topological polar surface area (TPSA) is 78.9 Å². The van der Waals surface area contributed by atoms with Crippen molar-refractivity contribution in [2.75, 3.05) is 0 Å². The highest BCUT2D eigenvalue weighted by atomic mass is 16.2. The zero-order valence-electron chi connectivity index (χ0n) is 9.09. The second-order valence-electron chi connectivity index (χ2n) is 3.51. The maximum absolute atomic E-state index is 11.7. The summed E-state index contributed by atoms with van der Waals surface area (Å²) in [5, 5.41) is 0. The molecule has 0 N–H and O–H groups in total. The molecule has 2 aromatic heterocycles. The van der Waals surface area contributed by atoms with Gasteiger partial charge in [-0.2, -0.15) is 0 Å². The molecular weight excluding hydrogens is 212 g/mol. The van der Waals surface area contributed by atoms with Gasteiger partial charge in [-0.05, 0) is 0 Å². The molecule has 2 rings (SSSR count). The fourth-order valence-electron chi connectivity index (χ4n) is 1.61. The third-order valence-corrected chi connectivity index (χ3v) is 2.48. The maximum atomic E-state index is 11.7. The van der Waals surface area contributed by atoms with Crippen molar-refractivity contribution in [3.63, 3.8) is 0 Å². The van der Waals surface area contributed by atoms with Crippen LogP contribution in [0, 0.1) is 0 Å². The largest absolute Gasteiger partial charge is 0.332 e. The summed E-state index contributed by atoms with van der Waals surface area (Å²) in [4.78, 5) is 38.5. The minimum absolute atomic E-state index is 0.111. The summed E-state index contributed by atoms with van der Waals surface area (Å²) in [6.45, 7) is 1.34. The van der Waals surface area contributed by atoms with Gasteiger partial charge < -0.3 is 0 Å². The van der Waals surface area contributed by atoms with E-state index in [0.717, 1.165) is 4.57 Å². The number of carbonyl (C=O) groups is 1. The molecule has 0 saturated heterocycles. The van der Waals surface area contributed by atoms with Crippen molar-refractivity contribution < 1.29 is 4.79 Å². The molecule has 2 heterocycles. The van der Waals surface area contributed by atoms with Crippen LogP contribution in [0.25, 0.3) is 11.2 Å². The van der Waals surface area contributed by atoms with Crippen LogP contribution in [0.5, 0.6) is 0 Å². The first kappa shape index (κ1) is 10.3. The summed E-state index contributed by atoms with van der Waals surface area (Å²) in [6.07, 6.45) is 1.24. The molecule has 0 atom stereocenters. The van der Waals surface area contributed by atoms with Crippen molar-refractivity contribution in [1.82, 2.24) is 18.7 Å². The Morgan fingerprint density at radius 1 is 1.25 bits per heavy atom. The lowest BCUT2D eigenvalue weighted by Gasteiger charge is -2.05. The molecule has 0 aliphatic carbocycles. The minimum Gasteiger partial charge on any atom is -0.280 e. The van der Waals surface area contributed by atoms with Crippen LogP contribution in [-0.2, 0) is 14.1 Å². The Morgan fingerprint density at radius 3 is 2.44 bits per heavy atom. The molecule has 7 nitrogen and oxygen atoms in total. The molecule has 0 aliphatic heterocycles. The minimum atomic E-state index is -0.502. The highest BCUT2D eigenvalue weighted by Crippen LogP contribution is 2.04. The Bertz CT molecular complexity index is 704. The molecule has 84 valence electrons. The number of aromatic nitrogens is 4. The van der Waals surface area contributed by atoms with Gasteiger partial charge >= 0.3 is 5.69 Å². The van der Waals surface area contributed by atoms with E-state index in [2.05, 4.69) is 4.98 Å². The molecule has 7 heteroatoms. The van der Waals surface area contributed by atoms with E-state index in [0.29, 0.717) is 0 Å². The third-order valence-electron chi connectivity index (χ3n) is 2.48. The van der Waals surface area contributed by atoms with Gasteiger partial charge in [0.2, 0.25) is 5.91 Å². The van der Waals surface area contributed by atoms with Gasteiger partial charge in [-0.25, -0.2) is 9.78 Å². The molecule has 0 aromatic carbocycles. The highest BCUT2D eigenvalue weighted by Gasteiger charge is 2.15. The second-order valence-corrected chi connectivity index (χ2v) is 3.51. The van der Waals surface area contributed by atoms with Crippen molar-refractivity contribution in [3.8, 4) is 0 Å². The fraction of sp³-hybridized carbons (Fsp3) is 0.333. The van der Waals surface area contributed by atoms with Gasteiger partial charge in [-0.15, -0.1) is 0 Å². The predicted molar refractivity (Wildman–Crippen MR) is 56.5 cm³/mol. The highest BCUT2D eigenvalue weighted by molar-refractivity contribution is 5.86. The van der Waals surface area contributed by atoms with Crippen molar-refractivity contribution in [3.05, 3.63) is 27.2 Å². The van der Waals surface area contributed by atoms with Crippen molar-refractivity contribution in [1.29, 1.82) is 0 Å². The molecule has 0 unspecified atom stereocenters. The van der Waals surface area contributed by atoms with Gasteiger partial charge in [0.25, 0.3) is 5.56 Å². The Balaban J connectivity index is 3.13. The van der Waals surface area contributed by atoms with Gasteiger partial charge in [-0.3, -0.25) is 23.3 Å². The summed E-state index contributed by atoms with van der Waals surface area (Å²) in [6, 6.07) is 0. The SMILES string of the molecule is CC(=O)n1cnc2c(=O)n(C)c(=O)n(C)c21. The molecule has 0 radical (unpaired) electrons. The number of rotatable bonds is 0. The Hall–Kier alpha value is -2.18. The summed E-state index contributed by atoms with van der Waals surface area (Å²) in [5.41, 5.74) is -0.654. The number of hydrogen-bond donors (Lipinski definition) is 0. The van der Waals surface area contributed by atoms with E-state index >= 15 is 0 Å².